The van der Waals surface area contributed by atoms with Gasteiger partial charge in [0.2, 0.25) is 0 Å². The number of pyridine rings is 4. The number of aryl methyl sites for hydroxylation is 4. The van der Waals surface area contributed by atoms with Crippen molar-refractivity contribution >= 4 is 0 Å². The Morgan fingerprint density at radius 1 is 0.484 bits per heavy atom. The highest BCUT2D eigenvalue weighted by Gasteiger charge is 2.05. The van der Waals surface area contributed by atoms with Gasteiger partial charge in [0.05, 0.1) is 22.8 Å². The lowest BCUT2D eigenvalue weighted by molar-refractivity contribution is 0.678. The van der Waals surface area contributed by atoms with Crippen molar-refractivity contribution in [1.82, 2.24) is 19.9 Å². The van der Waals surface area contributed by atoms with E-state index in [9.17, 15) is 0 Å². The van der Waals surface area contributed by atoms with Crippen LogP contribution in [-0.2, 0) is 12.8 Å². The predicted octanol–water partition coefficient (Wildman–Crippen LogP) is 6.17. The molecule has 0 aromatic carbocycles. The van der Waals surface area contributed by atoms with E-state index in [2.05, 4.69) is 70.2 Å². The fourth-order valence-electron chi connectivity index (χ4n) is 3.73. The summed E-state index contributed by atoms with van der Waals surface area (Å²) in [7, 11) is 0. The summed E-state index contributed by atoms with van der Waals surface area (Å²) in [5.74, 6) is 0. The van der Waals surface area contributed by atoms with E-state index in [0.29, 0.717) is 0 Å². The van der Waals surface area contributed by atoms with Gasteiger partial charge in [0.15, 0.2) is 0 Å². The number of nitrogens with zero attached hydrogens (tertiary/aromatic N) is 4. The molecule has 0 N–H and O–H groups in total. The third-order valence-electron chi connectivity index (χ3n) is 5.44. The minimum absolute atomic E-state index is 0.943. The quantitative estimate of drug-likeness (QED) is 0.327. The molecule has 0 aliphatic carbocycles. The molecule has 0 saturated carbocycles. The van der Waals surface area contributed by atoms with Crippen LogP contribution in [0.25, 0.3) is 22.8 Å². The summed E-state index contributed by atoms with van der Waals surface area (Å²) in [4.78, 5) is 17.9. The molecule has 0 aliphatic heterocycles. The van der Waals surface area contributed by atoms with Crippen LogP contribution in [0.15, 0.2) is 73.3 Å². The number of hydrogen-bond acceptors (Lipinski definition) is 4. The minimum Gasteiger partial charge on any atom is -0.255 e. The van der Waals surface area contributed by atoms with E-state index in [4.69, 9.17) is 0 Å². The van der Waals surface area contributed by atoms with E-state index in [-0.39, 0.29) is 0 Å². The molecule has 0 atom stereocenters. The predicted molar refractivity (Wildman–Crippen MR) is 126 cm³/mol. The lowest BCUT2D eigenvalue weighted by Gasteiger charge is -2.07. The third kappa shape index (κ3) is 5.82. The Bertz CT molecular complexity index is 1060. The maximum Gasteiger partial charge on any atom is 0.0888 e. The van der Waals surface area contributed by atoms with Crippen LogP contribution in [0.4, 0.5) is 0 Å². The van der Waals surface area contributed by atoms with Crippen molar-refractivity contribution in [1.29, 1.82) is 0 Å². The Hall–Kier alpha value is -3.40. The normalized spacial score (nSPS) is 10.9. The van der Waals surface area contributed by atoms with Gasteiger partial charge >= 0.3 is 0 Å². The van der Waals surface area contributed by atoms with E-state index in [1.807, 2.05) is 36.9 Å². The van der Waals surface area contributed by atoms with Crippen LogP contribution in [0.1, 0.15) is 41.5 Å². The van der Waals surface area contributed by atoms with Crippen molar-refractivity contribution in [2.75, 3.05) is 0 Å². The summed E-state index contributed by atoms with van der Waals surface area (Å²) in [5.41, 5.74) is 8.85. The molecule has 0 radical (unpaired) electrons. The lowest BCUT2D eigenvalue weighted by atomic mass is 10.0. The van der Waals surface area contributed by atoms with Gasteiger partial charge in [-0.25, -0.2) is 0 Å². The maximum absolute atomic E-state index is 4.50. The van der Waals surface area contributed by atoms with Crippen LogP contribution in [0.5, 0.6) is 0 Å². The summed E-state index contributed by atoms with van der Waals surface area (Å²) in [6, 6.07) is 16.8. The van der Waals surface area contributed by atoms with E-state index < -0.39 is 0 Å². The molecular weight excluding hydrogens is 380 g/mol. The van der Waals surface area contributed by atoms with Gasteiger partial charge in [-0.3, -0.25) is 19.9 Å². The van der Waals surface area contributed by atoms with Crippen LogP contribution in [0, 0.1) is 13.8 Å². The van der Waals surface area contributed by atoms with Crippen molar-refractivity contribution in [3.63, 3.8) is 0 Å². The van der Waals surface area contributed by atoms with Gasteiger partial charge in [0.1, 0.15) is 0 Å². The fraction of sp³-hybridized carbons (Fsp3) is 0.259. The van der Waals surface area contributed by atoms with Gasteiger partial charge in [-0.05, 0) is 110 Å². The molecule has 31 heavy (non-hydrogen) atoms. The molecule has 0 amide bonds. The van der Waals surface area contributed by atoms with Crippen molar-refractivity contribution in [2.24, 2.45) is 0 Å². The van der Waals surface area contributed by atoms with E-state index in [1.165, 1.54) is 41.5 Å². The smallest absolute Gasteiger partial charge is 0.0888 e. The average Bonchev–Trinajstić information content (AvgIpc) is 2.79. The molecule has 0 fully saturated rings. The molecular formula is C27H28N4. The second-order valence-corrected chi connectivity index (χ2v) is 8.10. The van der Waals surface area contributed by atoms with Crippen LogP contribution in [-0.4, -0.2) is 19.9 Å². The first-order valence-electron chi connectivity index (χ1n) is 10.9. The first-order valence-corrected chi connectivity index (χ1v) is 10.9. The molecule has 4 heterocycles. The lowest BCUT2D eigenvalue weighted by Crippen LogP contribution is -1.94. The molecule has 4 nitrogen and oxygen atoms in total. The molecule has 0 aliphatic rings. The molecule has 156 valence electrons. The summed E-state index contributed by atoms with van der Waals surface area (Å²) in [5, 5.41) is 0. The number of rotatable bonds is 8. The summed E-state index contributed by atoms with van der Waals surface area (Å²) in [6.07, 6.45) is 13.1. The van der Waals surface area contributed by atoms with Crippen LogP contribution in [0.3, 0.4) is 0 Å². The van der Waals surface area contributed by atoms with Gasteiger partial charge < -0.3 is 0 Å². The molecule has 0 bridgehead atoms. The van der Waals surface area contributed by atoms with Gasteiger partial charge in [0.25, 0.3) is 0 Å². The molecule has 4 heteroatoms. The monoisotopic (exact) mass is 408 g/mol. The zero-order chi connectivity index (χ0) is 21.5. The highest BCUT2D eigenvalue weighted by atomic mass is 14.8. The molecule has 4 aromatic heterocycles. The molecule has 4 aromatic rings. The van der Waals surface area contributed by atoms with Gasteiger partial charge in [0, 0.05) is 24.8 Å². The molecule has 4 rings (SSSR count). The number of hydrogen-bond donors (Lipinski definition) is 0. The minimum atomic E-state index is 0.943. The topological polar surface area (TPSA) is 51.6 Å². The van der Waals surface area contributed by atoms with Gasteiger partial charge in [-0.1, -0.05) is 6.42 Å². The van der Waals surface area contributed by atoms with Crippen molar-refractivity contribution in [2.45, 2.75) is 46.0 Å². The Morgan fingerprint density at radius 3 is 1.29 bits per heavy atom. The zero-order valence-corrected chi connectivity index (χ0v) is 18.3. The van der Waals surface area contributed by atoms with Crippen molar-refractivity contribution in [3.05, 3.63) is 95.6 Å². The second-order valence-electron chi connectivity index (χ2n) is 8.10. The Kier molecular flexibility index (Phi) is 6.78. The Morgan fingerprint density at radius 2 is 0.871 bits per heavy atom. The first-order chi connectivity index (χ1) is 15.2. The standard InChI is InChI=1S/C27H28N4/c1-20-8-12-28-24(16-20)26-18-22(10-14-30-26)6-4-3-5-7-23-11-15-31-27(19-23)25-17-21(2)9-13-29-25/h8-19H,3-7H2,1-2H3. The Balaban J connectivity index is 1.28. The highest BCUT2D eigenvalue weighted by molar-refractivity contribution is 5.56. The van der Waals surface area contributed by atoms with Crippen LogP contribution in [0.2, 0.25) is 0 Å². The Labute approximate surface area is 184 Å². The summed E-state index contributed by atoms with van der Waals surface area (Å²) >= 11 is 0. The van der Waals surface area contributed by atoms with E-state index >= 15 is 0 Å². The number of unbranched alkanes of at least 4 members (excludes halogenated alkanes) is 2. The molecule has 0 unspecified atom stereocenters. The van der Waals surface area contributed by atoms with Crippen LogP contribution < -0.4 is 0 Å². The molecule has 0 saturated heterocycles. The second kappa shape index (κ2) is 10.1. The van der Waals surface area contributed by atoms with Crippen molar-refractivity contribution < 1.29 is 0 Å². The zero-order valence-electron chi connectivity index (χ0n) is 18.3. The van der Waals surface area contributed by atoms with Crippen LogP contribution >= 0.6 is 0 Å². The SMILES string of the molecule is Cc1ccnc(-c2cc(CCCCCc3ccnc(-c4cc(C)ccn4)c3)ccn2)c1. The first kappa shape index (κ1) is 20.9. The molecule has 0 spiro atoms. The third-order valence-corrected chi connectivity index (χ3v) is 5.44. The van der Waals surface area contributed by atoms with Crippen molar-refractivity contribution in [3.8, 4) is 22.8 Å². The summed E-state index contributed by atoms with van der Waals surface area (Å²) < 4.78 is 0. The average molecular weight is 409 g/mol. The van der Waals surface area contributed by atoms with E-state index in [0.717, 1.165) is 35.6 Å². The van der Waals surface area contributed by atoms with Gasteiger partial charge in [-0.2, -0.15) is 0 Å². The van der Waals surface area contributed by atoms with Gasteiger partial charge in [-0.15, -0.1) is 0 Å². The largest absolute Gasteiger partial charge is 0.255 e. The highest BCUT2D eigenvalue weighted by Crippen LogP contribution is 2.19. The summed E-state index contributed by atoms with van der Waals surface area (Å²) in [6.45, 7) is 4.16. The number of aromatic nitrogens is 4. The van der Waals surface area contributed by atoms with E-state index in [1.54, 1.807) is 0 Å². The maximum atomic E-state index is 4.50. The fourth-order valence-corrected chi connectivity index (χ4v) is 3.73.